The SMILES string of the molecule is Cc1cc([N+](=O)[O-])ccc1NC(=O)CN1CCC(C(=O)c2ccc(CC(C)C)cc2)CC1. The van der Waals surface area contributed by atoms with Crippen molar-refractivity contribution in [3.8, 4) is 0 Å². The normalized spacial score (nSPS) is 15.0. The van der Waals surface area contributed by atoms with Crippen LogP contribution in [0, 0.1) is 28.9 Å². The fraction of sp³-hybridized carbons (Fsp3) is 0.440. The zero-order chi connectivity index (χ0) is 23.3. The first-order valence-corrected chi connectivity index (χ1v) is 11.1. The first-order valence-electron chi connectivity index (χ1n) is 11.1. The van der Waals surface area contributed by atoms with E-state index in [0.29, 0.717) is 30.3 Å². The van der Waals surface area contributed by atoms with E-state index in [1.165, 1.54) is 17.7 Å². The number of nitro groups is 1. The number of non-ortho nitro benzene ring substituents is 1. The molecule has 0 atom stereocenters. The predicted octanol–water partition coefficient (Wildman–Crippen LogP) is 4.64. The summed E-state index contributed by atoms with van der Waals surface area (Å²) in [7, 11) is 0. The summed E-state index contributed by atoms with van der Waals surface area (Å²) >= 11 is 0. The first-order chi connectivity index (χ1) is 15.2. The quantitative estimate of drug-likeness (QED) is 0.369. The lowest BCUT2D eigenvalue weighted by Crippen LogP contribution is -2.40. The average Bonchev–Trinajstić information content (AvgIpc) is 2.75. The van der Waals surface area contributed by atoms with Crippen LogP contribution in [0.3, 0.4) is 0 Å². The van der Waals surface area contributed by atoms with Gasteiger partial charge in [0.25, 0.3) is 5.69 Å². The van der Waals surface area contributed by atoms with Crippen LogP contribution in [0.15, 0.2) is 42.5 Å². The Morgan fingerprint density at radius 1 is 1.12 bits per heavy atom. The zero-order valence-electron chi connectivity index (χ0n) is 19.0. The number of nitrogens with one attached hydrogen (secondary N) is 1. The summed E-state index contributed by atoms with van der Waals surface area (Å²) in [6.07, 6.45) is 2.47. The maximum atomic E-state index is 12.9. The molecule has 7 nitrogen and oxygen atoms in total. The van der Waals surface area contributed by atoms with Crippen LogP contribution in [0.2, 0.25) is 0 Å². The third-order valence-corrected chi connectivity index (χ3v) is 5.90. The number of rotatable bonds is 8. The molecule has 32 heavy (non-hydrogen) atoms. The Morgan fingerprint density at radius 2 is 1.78 bits per heavy atom. The topological polar surface area (TPSA) is 92.6 Å². The minimum atomic E-state index is -0.454. The van der Waals surface area contributed by atoms with Gasteiger partial charge in [-0.05, 0) is 62.4 Å². The number of amides is 1. The van der Waals surface area contributed by atoms with Crippen LogP contribution in [0.25, 0.3) is 0 Å². The lowest BCUT2D eigenvalue weighted by atomic mass is 9.88. The summed E-state index contributed by atoms with van der Waals surface area (Å²) in [5, 5.41) is 13.7. The molecule has 7 heteroatoms. The number of hydrogen-bond acceptors (Lipinski definition) is 5. The van der Waals surface area contributed by atoms with Gasteiger partial charge in [-0.3, -0.25) is 24.6 Å². The molecule has 0 bridgehead atoms. The molecule has 3 rings (SSSR count). The fourth-order valence-electron chi connectivity index (χ4n) is 4.16. The Labute approximate surface area is 189 Å². The molecule has 0 saturated carbocycles. The second-order valence-electron chi connectivity index (χ2n) is 9.01. The van der Waals surface area contributed by atoms with Gasteiger partial charge < -0.3 is 5.32 Å². The van der Waals surface area contributed by atoms with Crippen molar-refractivity contribution in [2.24, 2.45) is 11.8 Å². The van der Waals surface area contributed by atoms with Gasteiger partial charge in [-0.1, -0.05) is 38.1 Å². The Kier molecular flexibility index (Phi) is 7.75. The highest BCUT2D eigenvalue weighted by atomic mass is 16.6. The number of carbonyl (C=O) groups is 2. The van der Waals surface area contributed by atoms with Crippen molar-refractivity contribution in [2.45, 2.75) is 40.0 Å². The van der Waals surface area contributed by atoms with E-state index in [1.807, 2.05) is 29.2 Å². The molecule has 1 heterocycles. The lowest BCUT2D eigenvalue weighted by molar-refractivity contribution is -0.384. The van der Waals surface area contributed by atoms with E-state index in [4.69, 9.17) is 0 Å². The summed E-state index contributed by atoms with van der Waals surface area (Å²) in [5.74, 6) is 0.601. The average molecular weight is 438 g/mol. The molecule has 1 saturated heterocycles. The standard InChI is InChI=1S/C25H31N3O4/c1-17(2)14-19-4-6-20(7-5-19)25(30)21-10-12-27(13-11-21)16-24(29)26-23-9-8-22(28(31)32)15-18(23)3/h4-9,15,17,21H,10-14,16H2,1-3H3,(H,26,29). The van der Waals surface area contributed by atoms with E-state index in [2.05, 4.69) is 19.2 Å². The molecular weight excluding hydrogens is 406 g/mol. The number of benzene rings is 2. The lowest BCUT2D eigenvalue weighted by Gasteiger charge is -2.30. The van der Waals surface area contributed by atoms with E-state index in [9.17, 15) is 19.7 Å². The molecule has 1 aliphatic heterocycles. The van der Waals surface area contributed by atoms with Gasteiger partial charge in [0.05, 0.1) is 11.5 Å². The maximum absolute atomic E-state index is 12.9. The first kappa shape index (κ1) is 23.6. The molecule has 1 aliphatic rings. The minimum absolute atomic E-state index is 0.00167. The number of anilines is 1. The van der Waals surface area contributed by atoms with Crippen molar-refractivity contribution < 1.29 is 14.5 Å². The Bertz CT molecular complexity index is 977. The largest absolute Gasteiger partial charge is 0.325 e. The molecule has 0 radical (unpaired) electrons. The van der Waals surface area contributed by atoms with Crippen molar-refractivity contribution in [1.29, 1.82) is 0 Å². The number of piperidine rings is 1. The Hall–Kier alpha value is -3.06. The smallest absolute Gasteiger partial charge is 0.269 e. The van der Waals surface area contributed by atoms with Gasteiger partial charge >= 0.3 is 0 Å². The van der Waals surface area contributed by atoms with Gasteiger partial charge in [0.1, 0.15) is 0 Å². The van der Waals surface area contributed by atoms with Gasteiger partial charge in [0.15, 0.2) is 5.78 Å². The molecule has 0 aliphatic carbocycles. The number of aryl methyl sites for hydroxylation is 1. The van der Waals surface area contributed by atoms with Crippen molar-refractivity contribution >= 4 is 23.1 Å². The van der Waals surface area contributed by atoms with Gasteiger partial charge in [0.2, 0.25) is 5.91 Å². The van der Waals surface area contributed by atoms with Gasteiger partial charge in [0, 0.05) is 29.3 Å². The van der Waals surface area contributed by atoms with Crippen molar-refractivity contribution in [1.82, 2.24) is 4.90 Å². The molecule has 1 fully saturated rings. The number of Topliss-reactive ketones (excluding diaryl/α,β-unsaturated/α-hetero) is 1. The zero-order valence-corrected chi connectivity index (χ0v) is 19.0. The third kappa shape index (κ3) is 6.23. The minimum Gasteiger partial charge on any atom is -0.325 e. The van der Waals surface area contributed by atoms with Crippen LogP contribution in [0.4, 0.5) is 11.4 Å². The number of nitro benzene ring substituents is 1. The molecule has 1 amide bonds. The summed E-state index contributed by atoms with van der Waals surface area (Å²) < 4.78 is 0. The van der Waals surface area contributed by atoms with Crippen LogP contribution < -0.4 is 5.32 Å². The van der Waals surface area contributed by atoms with Gasteiger partial charge in [-0.15, -0.1) is 0 Å². The van der Waals surface area contributed by atoms with Crippen LogP contribution in [0.1, 0.15) is 48.2 Å². The van der Waals surface area contributed by atoms with Crippen molar-refractivity contribution in [2.75, 3.05) is 25.0 Å². The Morgan fingerprint density at radius 3 is 2.34 bits per heavy atom. The van der Waals surface area contributed by atoms with E-state index < -0.39 is 4.92 Å². The predicted molar refractivity (Wildman–Crippen MR) is 125 cm³/mol. The second kappa shape index (κ2) is 10.5. The van der Waals surface area contributed by atoms with E-state index in [-0.39, 0.29) is 29.8 Å². The van der Waals surface area contributed by atoms with Crippen molar-refractivity contribution in [3.05, 3.63) is 69.3 Å². The highest BCUT2D eigenvalue weighted by molar-refractivity contribution is 5.98. The monoisotopic (exact) mass is 437 g/mol. The molecule has 0 unspecified atom stereocenters. The summed E-state index contributed by atoms with van der Waals surface area (Å²) in [5.41, 5.74) is 3.24. The van der Waals surface area contributed by atoms with E-state index in [0.717, 1.165) is 24.8 Å². The van der Waals surface area contributed by atoms with Crippen LogP contribution in [0.5, 0.6) is 0 Å². The molecule has 2 aromatic rings. The number of hydrogen-bond donors (Lipinski definition) is 1. The molecular formula is C25H31N3O4. The van der Waals surface area contributed by atoms with Gasteiger partial charge in [-0.25, -0.2) is 0 Å². The Balaban J connectivity index is 1.48. The van der Waals surface area contributed by atoms with Crippen molar-refractivity contribution in [3.63, 3.8) is 0 Å². The van der Waals surface area contributed by atoms with Crippen LogP contribution in [-0.2, 0) is 11.2 Å². The molecule has 170 valence electrons. The van der Waals surface area contributed by atoms with Crippen LogP contribution >= 0.6 is 0 Å². The van der Waals surface area contributed by atoms with Gasteiger partial charge in [-0.2, -0.15) is 0 Å². The highest BCUT2D eigenvalue weighted by Gasteiger charge is 2.26. The molecule has 0 aromatic heterocycles. The molecule has 1 N–H and O–H groups in total. The van der Waals surface area contributed by atoms with Crippen LogP contribution in [-0.4, -0.2) is 41.1 Å². The van der Waals surface area contributed by atoms with E-state index >= 15 is 0 Å². The number of likely N-dealkylation sites (tertiary alicyclic amines) is 1. The fourth-order valence-corrected chi connectivity index (χ4v) is 4.16. The summed E-state index contributed by atoms with van der Waals surface area (Å²) in [6.45, 7) is 7.71. The molecule has 0 spiro atoms. The maximum Gasteiger partial charge on any atom is 0.269 e. The third-order valence-electron chi connectivity index (χ3n) is 5.90. The summed E-state index contributed by atoms with van der Waals surface area (Å²) in [4.78, 5) is 37.8. The summed E-state index contributed by atoms with van der Waals surface area (Å²) in [6, 6.07) is 12.4. The van der Waals surface area contributed by atoms with E-state index in [1.54, 1.807) is 13.0 Å². The highest BCUT2D eigenvalue weighted by Crippen LogP contribution is 2.24. The second-order valence-corrected chi connectivity index (χ2v) is 9.01. The molecule has 2 aromatic carbocycles. The number of nitrogens with zero attached hydrogens (tertiary/aromatic N) is 2. The number of ketones is 1. The number of carbonyl (C=O) groups excluding carboxylic acids is 2.